The monoisotopic (exact) mass is 427 g/mol. The highest BCUT2D eigenvalue weighted by molar-refractivity contribution is 5.28. The molecule has 0 unspecified atom stereocenters. The molecule has 124 valence electrons. The van der Waals surface area contributed by atoms with Crippen molar-refractivity contribution in [1.82, 2.24) is 0 Å². The van der Waals surface area contributed by atoms with Crippen LogP contribution in [-0.2, 0) is 10.8 Å². The van der Waals surface area contributed by atoms with Gasteiger partial charge < -0.3 is 0 Å². The molecular formula is C22H30I+. The molecule has 1 heteroatoms. The van der Waals surface area contributed by atoms with Crippen LogP contribution in [0.2, 0.25) is 0 Å². The fourth-order valence-electron chi connectivity index (χ4n) is 2.23. The molecule has 0 atom stereocenters. The molecule has 0 radical (unpaired) electrons. The van der Waals surface area contributed by atoms with Crippen LogP contribution in [0.5, 0.6) is 0 Å². The molecule has 0 saturated heterocycles. The van der Waals surface area contributed by atoms with Gasteiger partial charge in [0.05, 0.1) is 0 Å². The fraction of sp³-hybridized carbons (Fsp3) is 0.455. The predicted molar refractivity (Wildman–Crippen MR) is 97.2 cm³/mol. The Morgan fingerprint density at radius 1 is 0.696 bits per heavy atom. The van der Waals surface area contributed by atoms with Gasteiger partial charge in [0.1, 0.15) is 0 Å². The summed E-state index contributed by atoms with van der Waals surface area (Å²) in [5, 5.41) is 0. The molecular weight excluding hydrogens is 391 g/mol. The third-order valence-corrected chi connectivity index (χ3v) is 6.82. The van der Waals surface area contributed by atoms with Gasteiger partial charge in [-0.3, -0.25) is 0 Å². The molecule has 0 aliphatic carbocycles. The summed E-state index contributed by atoms with van der Waals surface area (Å²) >= 11 is -0.997. The van der Waals surface area contributed by atoms with Gasteiger partial charge in [0.25, 0.3) is 0 Å². The van der Waals surface area contributed by atoms with Crippen molar-refractivity contribution in [2.45, 2.75) is 66.1 Å². The summed E-state index contributed by atoms with van der Waals surface area (Å²) in [6.07, 6.45) is 0. The minimum absolute atomic E-state index is 0.119. The van der Waals surface area contributed by atoms with Crippen LogP contribution in [0.1, 0.15) is 72.0 Å². The van der Waals surface area contributed by atoms with E-state index in [0.29, 0.717) is 11.1 Å². The lowest BCUT2D eigenvalue weighted by Crippen LogP contribution is -3.62. The molecule has 0 nitrogen and oxygen atoms in total. The molecule has 0 saturated carbocycles. The van der Waals surface area contributed by atoms with Crippen molar-refractivity contribution in [1.29, 1.82) is 0 Å². The van der Waals surface area contributed by atoms with Crippen molar-refractivity contribution in [3.8, 4) is 0 Å². The summed E-state index contributed by atoms with van der Waals surface area (Å²) in [6, 6.07) is 11.1. The van der Waals surface area contributed by atoms with Gasteiger partial charge in [-0.05, 0) is 47.8 Å². The zero-order valence-corrected chi connectivity index (χ0v) is 17.0. The van der Waals surface area contributed by atoms with Gasteiger partial charge in [-0.1, -0.05) is 65.8 Å². The van der Waals surface area contributed by atoms with Crippen LogP contribution in [0.15, 0.2) is 36.4 Å². The van der Waals surface area contributed by atoms with E-state index in [-0.39, 0.29) is 10.8 Å². The number of hydrogen-bond donors (Lipinski definition) is 0. The molecule has 0 aromatic heterocycles. The van der Waals surface area contributed by atoms with Gasteiger partial charge in [0.15, 0.2) is 7.14 Å². The normalized spacial score (nSPS) is 17.5. The lowest BCUT2D eigenvalue weighted by Gasteiger charge is -2.19. The molecule has 0 aliphatic heterocycles. The lowest BCUT2D eigenvalue weighted by atomic mass is 9.87. The summed E-state index contributed by atoms with van der Waals surface area (Å²) in [5.74, 6) is 0. The first kappa shape index (κ1) is 11.7. The molecule has 0 bridgehead atoms. The zero-order chi connectivity index (χ0) is 22.4. The van der Waals surface area contributed by atoms with Crippen molar-refractivity contribution >= 4 is 0 Å². The highest BCUT2D eigenvalue weighted by Gasteiger charge is 2.25. The number of hydrogen-bond acceptors (Lipinski definition) is 0. The van der Waals surface area contributed by atoms with Crippen LogP contribution in [0.4, 0.5) is 0 Å². The van der Waals surface area contributed by atoms with Crippen LogP contribution in [-0.4, -0.2) is 0 Å². The van der Waals surface area contributed by atoms with Crippen molar-refractivity contribution in [2.75, 3.05) is 0 Å². The van der Waals surface area contributed by atoms with Gasteiger partial charge in [-0.25, -0.2) is 0 Å². The minimum Gasteiger partial charge on any atom is -0.0579 e. The Bertz CT molecular complexity index is 807. The maximum Gasteiger partial charge on any atom is 0.358 e. The third-order valence-electron chi connectivity index (χ3n) is 3.87. The van der Waals surface area contributed by atoms with Crippen molar-refractivity contribution in [3.05, 3.63) is 65.8 Å². The SMILES string of the molecule is [2H]C([2H])([2H])c1ccc(C(C)(C)C)cc1[I+]c1cc(C(C)(C)C)ccc1C([2H])([2H])[2H]. The molecule has 23 heavy (non-hydrogen) atoms. The van der Waals surface area contributed by atoms with E-state index in [1.165, 1.54) is 0 Å². The average Bonchev–Trinajstić information content (AvgIpc) is 2.51. The Kier molecular flexibility index (Phi) is 3.34. The van der Waals surface area contributed by atoms with Crippen LogP contribution < -0.4 is 21.2 Å². The van der Waals surface area contributed by atoms with Gasteiger partial charge in [0.2, 0.25) is 0 Å². The Morgan fingerprint density at radius 2 is 1.09 bits per heavy atom. The average molecular weight is 427 g/mol. The Morgan fingerprint density at radius 3 is 1.39 bits per heavy atom. The minimum atomic E-state index is -2.23. The summed E-state index contributed by atoms with van der Waals surface area (Å²) in [7, 11) is 0. The van der Waals surface area contributed by atoms with Crippen molar-refractivity contribution < 1.29 is 29.4 Å². The first-order chi connectivity index (χ1) is 12.9. The topological polar surface area (TPSA) is 0 Å². The number of rotatable bonds is 2. The standard InChI is InChI=1S/C22H30I/c1-15-9-11-17(21(3,4)5)13-19(15)23-20-14-18(22(6,7)8)12-10-16(20)2/h9-14H,1-8H3/q+1/i1D3,2D3. The smallest absolute Gasteiger partial charge is 0.0579 e. The van der Waals surface area contributed by atoms with Gasteiger partial charge >= 0.3 is 21.2 Å². The molecule has 2 aromatic carbocycles. The number of halogens is 1. The number of benzene rings is 2. The predicted octanol–water partition coefficient (Wildman–Crippen LogP) is 3.03. The summed E-state index contributed by atoms with van der Waals surface area (Å²) in [6.45, 7) is 8.09. The van der Waals surface area contributed by atoms with Crippen LogP contribution in [0.3, 0.4) is 0 Å². The van der Waals surface area contributed by atoms with E-state index in [0.717, 1.165) is 18.3 Å². The maximum absolute atomic E-state index is 7.96. The molecule has 0 spiro atoms. The first-order valence-corrected chi connectivity index (χ1v) is 10.0. The van der Waals surface area contributed by atoms with Crippen molar-refractivity contribution in [2.24, 2.45) is 0 Å². The van der Waals surface area contributed by atoms with E-state index < -0.39 is 34.9 Å². The van der Waals surface area contributed by atoms with Gasteiger partial charge in [0, 0.05) is 19.4 Å². The van der Waals surface area contributed by atoms with E-state index >= 15 is 0 Å². The first-order valence-electron chi connectivity index (χ1n) is 10.9. The Hall–Kier alpha value is -0.830. The van der Waals surface area contributed by atoms with Gasteiger partial charge in [-0.2, -0.15) is 0 Å². The molecule has 0 heterocycles. The second kappa shape index (κ2) is 6.58. The summed E-state index contributed by atoms with van der Waals surface area (Å²) < 4.78 is 49.3. The molecule has 0 fully saturated rings. The van der Waals surface area contributed by atoms with E-state index in [9.17, 15) is 0 Å². The van der Waals surface area contributed by atoms with E-state index in [2.05, 4.69) is 41.5 Å². The molecule has 2 rings (SSSR count). The summed E-state index contributed by atoms with van der Waals surface area (Å²) in [5.41, 5.74) is 2.54. The van der Waals surface area contributed by atoms with Crippen LogP contribution in [0, 0.1) is 20.8 Å². The van der Waals surface area contributed by atoms with Crippen LogP contribution >= 0.6 is 0 Å². The molecule has 0 N–H and O–H groups in total. The Labute approximate surface area is 161 Å². The molecule has 0 amide bonds. The Balaban J connectivity index is 2.71. The van der Waals surface area contributed by atoms with Gasteiger partial charge in [-0.15, -0.1) is 0 Å². The highest BCUT2D eigenvalue weighted by Crippen LogP contribution is 2.23. The second-order valence-electron chi connectivity index (χ2n) is 7.98. The highest BCUT2D eigenvalue weighted by atomic mass is 127. The molecule has 0 aliphatic rings. The number of aryl methyl sites for hydroxylation is 2. The van der Waals surface area contributed by atoms with E-state index in [1.54, 1.807) is 12.1 Å². The lowest BCUT2D eigenvalue weighted by molar-refractivity contribution is -0.598. The van der Waals surface area contributed by atoms with E-state index in [1.807, 2.05) is 24.3 Å². The quantitative estimate of drug-likeness (QED) is 0.647. The maximum atomic E-state index is 7.96. The largest absolute Gasteiger partial charge is 0.358 e. The van der Waals surface area contributed by atoms with Crippen molar-refractivity contribution in [3.63, 3.8) is 0 Å². The molecule has 2 aromatic rings. The second-order valence-corrected chi connectivity index (χ2v) is 10.8. The third kappa shape index (κ3) is 4.59. The van der Waals surface area contributed by atoms with Crippen LogP contribution in [0.25, 0.3) is 0 Å². The zero-order valence-electron chi connectivity index (χ0n) is 20.8. The fourth-order valence-corrected chi connectivity index (χ4v) is 4.78. The summed E-state index contributed by atoms with van der Waals surface area (Å²) in [4.78, 5) is 0. The van der Waals surface area contributed by atoms with E-state index in [4.69, 9.17) is 8.22 Å².